The van der Waals surface area contributed by atoms with Gasteiger partial charge in [-0.3, -0.25) is 5.10 Å². The summed E-state index contributed by atoms with van der Waals surface area (Å²) in [6, 6.07) is 13.8. The fourth-order valence-electron chi connectivity index (χ4n) is 3.00. The highest BCUT2D eigenvalue weighted by molar-refractivity contribution is 9.10. The van der Waals surface area contributed by atoms with E-state index in [0.717, 1.165) is 37.7 Å². The van der Waals surface area contributed by atoms with Crippen LogP contribution in [-0.4, -0.2) is 34.4 Å². The quantitative estimate of drug-likeness (QED) is 0.311. The van der Waals surface area contributed by atoms with E-state index in [1.54, 1.807) is 20.4 Å². The molecule has 30 heavy (non-hydrogen) atoms. The standard InChI is InChI=1S/C20H20BrN6O2P/c1-12-14-9-8-13(10-17(14)27-26-12)23-20-22-11-15(21)19(25-20)24-16-6-4-5-7-18(16)30(28-2)29-3/h4-11H,1-3H3,(H,26,27)(H2,22,23,24,25). The number of aromatic nitrogens is 4. The third-order valence-electron chi connectivity index (χ3n) is 4.43. The van der Waals surface area contributed by atoms with Crippen molar-refractivity contribution >= 4 is 63.7 Å². The van der Waals surface area contributed by atoms with Crippen molar-refractivity contribution in [2.75, 3.05) is 24.9 Å². The minimum atomic E-state index is -1.19. The van der Waals surface area contributed by atoms with Crippen LogP contribution in [0.25, 0.3) is 10.9 Å². The van der Waals surface area contributed by atoms with E-state index >= 15 is 0 Å². The smallest absolute Gasteiger partial charge is 0.229 e. The van der Waals surface area contributed by atoms with Crippen molar-refractivity contribution in [1.82, 2.24) is 20.2 Å². The van der Waals surface area contributed by atoms with Crippen LogP contribution in [0.5, 0.6) is 0 Å². The van der Waals surface area contributed by atoms with Gasteiger partial charge in [-0.15, -0.1) is 0 Å². The van der Waals surface area contributed by atoms with Gasteiger partial charge in [0, 0.05) is 37.2 Å². The van der Waals surface area contributed by atoms with Crippen LogP contribution in [0.3, 0.4) is 0 Å². The normalized spacial score (nSPS) is 11.2. The fourth-order valence-corrected chi connectivity index (χ4v) is 4.37. The molecule has 154 valence electrons. The maximum atomic E-state index is 5.47. The van der Waals surface area contributed by atoms with E-state index < -0.39 is 8.38 Å². The second-order valence-electron chi connectivity index (χ2n) is 6.36. The van der Waals surface area contributed by atoms with E-state index in [1.165, 1.54) is 0 Å². The minimum Gasteiger partial charge on any atom is -0.338 e. The number of nitrogens with zero attached hydrogens (tertiary/aromatic N) is 3. The molecule has 4 rings (SSSR count). The zero-order valence-corrected chi connectivity index (χ0v) is 19.1. The molecule has 8 nitrogen and oxygen atoms in total. The van der Waals surface area contributed by atoms with E-state index in [0.29, 0.717) is 11.8 Å². The topological polar surface area (TPSA) is 97.0 Å². The van der Waals surface area contributed by atoms with Crippen LogP contribution >= 0.6 is 24.3 Å². The van der Waals surface area contributed by atoms with Gasteiger partial charge in [0.05, 0.1) is 21.0 Å². The van der Waals surface area contributed by atoms with Gasteiger partial charge in [-0.2, -0.15) is 10.1 Å². The fraction of sp³-hybridized carbons (Fsp3) is 0.150. The number of H-pyrrole nitrogens is 1. The lowest BCUT2D eigenvalue weighted by Crippen LogP contribution is -2.11. The van der Waals surface area contributed by atoms with Crippen LogP contribution in [-0.2, 0) is 9.05 Å². The third kappa shape index (κ3) is 4.29. The Kier molecular flexibility index (Phi) is 6.24. The number of anilines is 4. The second-order valence-corrected chi connectivity index (χ2v) is 8.94. The minimum absolute atomic E-state index is 0.463. The zero-order valence-electron chi connectivity index (χ0n) is 16.6. The van der Waals surface area contributed by atoms with Crippen LogP contribution < -0.4 is 15.9 Å². The van der Waals surface area contributed by atoms with Gasteiger partial charge < -0.3 is 19.7 Å². The number of rotatable bonds is 7. The molecule has 0 saturated carbocycles. The zero-order chi connectivity index (χ0) is 21.1. The number of aryl methyl sites for hydroxylation is 1. The Morgan fingerprint density at radius 1 is 1.07 bits per heavy atom. The average Bonchev–Trinajstić information content (AvgIpc) is 3.12. The summed E-state index contributed by atoms with van der Waals surface area (Å²) in [5, 5.41) is 15.9. The molecule has 2 aromatic carbocycles. The molecule has 0 aliphatic carbocycles. The van der Waals surface area contributed by atoms with Crippen LogP contribution in [0.4, 0.5) is 23.1 Å². The number of para-hydroxylation sites is 1. The van der Waals surface area contributed by atoms with Gasteiger partial charge in [-0.25, -0.2) is 4.98 Å². The number of nitrogens with one attached hydrogen (secondary N) is 3. The first-order valence-electron chi connectivity index (χ1n) is 9.07. The maximum absolute atomic E-state index is 5.47. The lowest BCUT2D eigenvalue weighted by molar-refractivity contribution is 0.350. The van der Waals surface area contributed by atoms with Crippen molar-refractivity contribution in [3.05, 3.63) is 58.8 Å². The Bertz CT molecular complexity index is 1180. The molecular weight excluding hydrogens is 467 g/mol. The molecule has 0 aliphatic heterocycles. The molecule has 0 aliphatic rings. The average molecular weight is 487 g/mol. The van der Waals surface area contributed by atoms with Crippen LogP contribution in [0.1, 0.15) is 5.69 Å². The summed E-state index contributed by atoms with van der Waals surface area (Å²) >= 11 is 3.52. The molecular formula is C20H20BrN6O2P. The Morgan fingerprint density at radius 2 is 1.87 bits per heavy atom. The number of benzene rings is 2. The van der Waals surface area contributed by atoms with Crippen molar-refractivity contribution in [2.45, 2.75) is 6.92 Å². The van der Waals surface area contributed by atoms with Crippen molar-refractivity contribution in [2.24, 2.45) is 0 Å². The van der Waals surface area contributed by atoms with Crippen molar-refractivity contribution in [1.29, 1.82) is 0 Å². The molecule has 0 bridgehead atoms. The van der Waals surface area contributed by atoms with E-state index in [1.807, 2.05) is 49.4 Å². The predicted molar refractivity (Wildman–Crippen MR) is 124 cm³/mol. The molecule has 3 N–H and O–H groups in total. The largest absolute Gasteiger partial charge is 0.338 e. The van der Waals surface area contributed by atoms with E-state index in [4.69, 9.17) is 9.05 Å². The van der Waals surface area contributed by atoms with Gasteiger partial charge in [-0.05, 0) is 53.2 Å². The molecule has 0 fully saturated rings. The van der Waals surface area contributed by atoms with Gasteiger partial charge in [0.25, 0.3) is 0 Å². The predicted octanol–water partition coefficient (Wildman–Crippen LogP) is 5.14. The molecule has 0 saturated heterocycles. The molecule has 0 spiro atoms. The first kappa shape index (κ1) is 20.7. The molecule has 2 aromatic heterocycles. The molecule has 0 unspecified atom stereocenters. The SMILES string of the molecule is COP(OC)c1ccccc1Nc1nc(Nc2ccc3c(C)[nH]nc3c2)ncc1Br. The van der Waals surface area contributed by atoms with Crippen LogP contribution in [0.2, 0.25) is 0 Å². The molecule has 0 radical (unpaired) electrons. The summed E-state index contributed by atoms with van der Waals surface area (Å²) in [6.07, 6.45) is 1.70. The maximum Gasteiger partial charge on any atom is 0.229 e. The highest BCUT2D eigenvalue weighted by atomic mass is 79.9. The number of fused-ring (bicyclic) bond motifs is 1. The van der Waals surface area contributed by atoms with Gasteiger partial charge >= 0.3 is 0 Å². The van der Waals surface area contributed by atoms with E-state index in [2.05, 4.69) is 46.7 Å². The number of aromatic amines is 1. The monoisotopic (exact) mass is 486 g/mol. The Balaban J connectivity index is 1.61. The lowest BCUT2D eigenvalue weighted by Gasteiger charge is -2.17. The van der Waals surface area contributed by atoms with Crippen molar-refractivity contribution in [3.63, 3.8) is 0 Å². The second kappa shape index (κ2) is 9.06. The Labute approximate surface area is 183 Å². The molecule has 2 heterocycles. The molecule has 0 atom stereocenters. The van der Waals surface area contributed by atoms with Gasteiger partial charge in [0.2, 0.25) is 14.3 Å². The first-order valence-corrected chi connectivity index (χ1v) is 11.0. The Hall–Kier alpha value is -2.58. The van der Waals surface area contributed by atoms with Crippen molar-refractivity contribution in [3.8, 4) is 0 Å². The van der Waals surface area contributed by atoms with Gasteiger partial charge in [-0.1, -0.05) is 12.1 Å². The number of hydrogen-bond donors (Lipinski definition) is 3. The highest BCUT2D eigenvalue weighted by Crippen LogP contribution is 2.38. The summed E-state index contributed by atoms with van der Waals surface area (Å²) in [5.41, 5.74) is 3.62. The number of halogens is 1. The Morgan fingerprint density at radius 3 is 2.67 bits per heavy atom. The van der Waals surface area contributed by atoms with Crippen LogP contribution in [0.15, 0.2) is 53.1 Å². The number of hydrogen-bond acceptors (Lipinski definition) is 7. The van der Waals surface area contributed by atoms with Crippen molar-refractivity contribution < 1.29 is 9.05 Å². The molecule has 10 heteroatoms. The third-order valence-corrected chi connectivity index (χ3v) is 6.46. The van der Waals surface area contributed by atoms with Crippen LogP contribution in [0, 0.1) is 6.92 Å². The first-order chi connectivity index (χ1) is 14.6. The van der Waals surface area contributed by atoms with Gasteiger partial charge in [0.15, 0.2) is 0 Å². The summed E-state index contributed by atoms with van der Waals surface area (Å²) < 4.78 is 11.7. The summed E-state index contributed by atoms with van der Waals surface area (Å²) in [7, 11) is 2.08. The summed E-state index contributed by atoms with van der Waals surface area (Å²) in [4.78, 5) is 8.99. The summed E-state index contributed by atoms with van der Waals surface area (Å²) in [5.74, 6) is 1.09. The van der Waals surface area contributed by atoms with E-state index in [-0.39, 0.29) is 0 Å². The van der Waals surface area contributed by atoms with E-state index in [9.17, 15) is 0 Å². The highest BCUT2D eigenvalue weighted by Gasteiger charge is 2.16. The van der Waals surface area contributed by atoms with Gasteiger partial charge in [0.1, 0.15) is 5.82 Å². The summed E-state index contributed by atoms with van der Waals surface area (Å²) in [6.45, 7) is 2.00. The molecule has 4 aromatic rings. The molecule has 0 amide bonds. The lowest BCUT2D eigenvalue weighted by atomic mass is 10.2.